The zero-order valence-corrected chi connectivity index (χ0v) is 15.6. The van der Waals surface area contributed by atoms with Gasteiger partial charge in [0.15, 0.2) is 0 Å². The van der Waals surface area contributed by atoms with Gasteiger partial charge in [-0.1, -0.05) is 36.4 Å². The van der Waals surface area contributed by atoms with Gasteiger partial charge < -0.3 is 9.31 Å². The summed E-state index contributed by atoms with van der Waals surface area (Å²) in [5.41, 5.74) is 3.49. The lowest BCUT2D eigenvalue weighted by Crippen LogP contribution is -2.41. The van der Waals surface area contributed by atoms with Crippen molar-refractivity contribution in [3.05, 3.63) is 67.0 Å². The fraction of sp³-hybridized carbons (Fsp3) is 0.286. The average molecular weight is 346 g/mol. The minimum absolute atomic E-state index is 0.382. The molecule has 2 heterocycles. The summed E-state index contributed by atoms with van der Waals surface area (Å²) in [4.78, 5) is 0. The molecule has 4 rings (SSSR count). The van der Waals surface area contributed by atoms with Gasteiger partial charge in [0.2, 0.25) is 0 Å². The van der Waals surface area contributed by atoms with Gasteiger partial charge in [-0.15, -0.1) is 0 Å². The zero-order chi connectivity index (χ0) is 18.4. The monoisotopic (exact) mass is 346 g/mol. The summed E-state index contributed by atoms with van der Waals surface area (Å²) in [5.74, 6) is 0. The molecule has 5 heteroatoms. The Labute approximate surface area is 154 Å². The molecular weight excluding hydrogens is 323 g/mol. The summed E-state index contributed by atoms with van der Waals surface area (Å²) in [6.45, 7) is 8.30. The summed E-state index contributed by atoms with van der Waals surface area (Å²) < 4.78 is 14.5. The highest BCUT2D eigenvalue weighted by molar-refractivity contribution is 6.64. The van der Waals surface area contributed by atoms with E-state index < -0.39 is 7.12 Å². The van der Waals surface area contributed by atoms with Crippen LogP contribution >= 0.6 is 0 Å². The highest BCUT2D eigenvalue weighted by Gasteiger charge is 2.52. The van der Waals surface area contributed by atoms with Crippen LogP contribution in [-0.4, -0.2) is 28.1 Å². The normalized spacial score (nSPS) is 18.2. The van der Waals surface area contributed by atoms with Gasteiger partial charge in [-0.25, -0.2) is 4.68 Å². The Bertz CT molecular complexity index is 889. The minimum Gasteiger partial charge on any atom is -0.399 e. The van der Waals surface area contributed by atoms with Crippen LogP contribution in [0.25, 0.3) is 16.8 Å². The fourth-order valence-electron chi connectivity index (χ4n) is 3.16. The first kappa shape index (κ1) is 17.1. The second kappa shape index (κ2) is 6.11. The lowest BCUT2D eigenvalue weighted by atomic mass is 9.74. The predicted molar refractivity (Wildman–Crippen MR) is 105 cm³/mol. The van der Waals surface area contributed by atoms with E-state index in [0.29, 0.717) is 0 Å². The molecule has 0 unspecified atom stereocenters. The van der Waals surface area contributed by atoms with Crippen molar-refractivity contribution in [1.82, 2.24) is 9.78 Å². The molecule has 1 fully saturated rings. The van der Waals surface area contributed by atoms with E-state index in [9.17, 15) is 0 Å². The van der Waals surface area contributed by atoms with Crippen LogP contribution in [0.3, 0.4) is 0 Å². The molecule has 1 aliphatic rings. The molecule has 0 atom stereocenters. The van der Waals surface area contributed by atoms with Gasteiger partial charge in [0.1, 0.15) is 0 Å². The van der Waals surface area contributed by atoms with E-state index in [1.807, 2.05) is 35.1 Å². The maximum Gasteiger partial charge on any atom is 0.495 e. The van der Waals surface area contributed by atoms with Crippen LogP contribution in [0.2, 0.25) is 0 Å². The third-order valence-corrected chi connectivity index (χ3v) is 5.40. The Morgan fingerprint density at radius 3 is 2.19 bits per heavy atom. The van der Waals surface area contributed by atoms with Crippen LogP contribution in [0.15, 0.2) is 67.0 Å². The van der Waals surface area contributed by atoms with Crippen LogP contribution < -0.4 is 5.46 Å². The summed E-state index contributed by atoms with van der Waals surface area (Å²) >= 11 is 0. The van der Waals surface area contributed by atoms with Crippen LogP contribution in [-0.2, 0) is 9.31 Å². The van der Waals surface area contributed by atoms with Crippen molar-refractivity contribution in [3.63, 3.8) is 0 Å². The van der Waals surface area contributed by atoms with Gasteiger partial charge >= 0.3 is 7.12 Å². The van der Waals surface area contributed by atoms with Crippen LogP contribution in [0.5, 0.6) is 0 Å². The molecule has 0 bridgehead atoms. The lowest BCUT2D eigenvalue weighted by Gasteiger charge is -2.32. The number of hydrogen-bond acceptors (Lipinski definition) is 3. The summed E-state index contributed by atoms with van der Waals surface area (Å²) in [6.07, 6.45) is 3.71. The molecule has 3 aromatic rings. The standard InChI is InChI=1S/C21H23BN2O2/c1-20(2)21(3,4)26-22(25-20)19-15-17(24-14-8-13-23-24)11-12-18(19)16-9-6-5-7-10-16/h5-15H,1-4H3. The minimum atomic E-state index is -0.425. The van der Waals surface area contributed by atoms with E-state index in [4.69, 9.17) is 9.31 Å². The highest BCUT2D eigenvalue weighted by Crippen LogP contribution is 2.37. The van der Waals surface area contributed by atoms with E-state index in [1.54, 1.807) is 6.20 Å². The molecule has 2 aromatic carbocycles. The van der Waals surface area contributed by atoms with Gasteiger partial charge in [0, 0.05) is 12.4 Å². The third kappa shape index (κ3) is 2.87. The second-order valence-electron chi connectivity index (χ2n) is 7.68. The van der Waals surface area contributed by atoms with Gasteiger partial charge in [-0.3, -0.25) is 0 Å². The van der Waals surface area contributed by atoms with E-state index >= 15 is 0 Å². The van der Waals surface area contributed by atoms with Crippen LogP contribution in [0.4, 0.5) is 0 Å². The third-order valence-electron chi connectivity index (χ3n) is 5.40. The quantitative estimate of drug-likeness (QED) is 0.676. The van der Waals surface area contributed by atoms with Crippen molar-refractivity contribution in [1.29, 1.82) is 0 Å². The zero-order valence-electron chi connectivity index (χ0n) is 15.6. The number of rotatable bonds is 3. The molecule has 132 valence electrons. The Hall–Kier alpha value is -2.37. The van der Waals surface area contributed by atoms with Crippen LogP contribution in [0, 0.1) is 0 Å². The Morgan fingerprint density at radius 1 is 0.885 bits per heavy atom. The maximum atomic E-state index is 6.33. The van der Waals surface area contributed by atoms with E-state index in [-0.39, 0.29) is 11.2 Å². The number of hydrogen-bond donors (Lipinski definition) is 0. The Kier molecular flexibility index (Phi) is 4.01. The molecular formula is C21H23BN2O2. The Morgan fingerprint density at radius 2 is 1.58 bits per heavy atom. The summed E-state index contributed by atoms with van der Waals surface area (Å²) in [6, 6.07) is 18.6. The molecule has 0 aliphatic carbocycles. The largest absolute Gasteiger partial charge is 0.495 e. The van der Waals surface area contributed by atoms with Crippen LogP contribution in [0.1, 0.15) is 27.7 Å². The molecule has 1 aliphatic heterocycles. The predicted octanol–water partition coefficient (Wildman–Crippen LogP) is 3.84. The van der Waals surface area contributed by atoms with E-state index in [2.05, 4.69) is 63.1 Å². The van der Waals surface area contributed by atoms with Crippen molar-refractivity contribution >= 4 is 12.6 Å². The van der Waals surface area contributed by atoms with Crippen molar-refractivity contribution in [2.75, 3.05) is 0 Å². The molecule has 0 radical (unpaired) electrons. The summed E-state index contributed by atoms with van der Waals surface area (Å²) in [7, 11) is -0.425. The molecule has 0 N–H and O–H groups in total. The molecule has 4 nitrogen and oxygen atoms in total. The first-order chi connectivity index (χ1) is 12.4. The molecule has 1 aromatic heterocycles. The Balaban J connectivity index is 1.84. The number of aromatic nitrogens is 2. The van der Waals surface area contributed by atoms with Crippen molar-refractivity contribution in [3.8, 4) is 16.8 Å². The highest BCUT2D eigenvalue weighted by atomic mass is 16.7. The molecule has 0 saturated carbocycles. The lowest BCUT2D eigenvalue weighted by molar-refractivity contribution is 0.00578. The SMILES string of the molecule is CC1(C)OB(c2cc(-n3cccn3)ccc2-c2ccccc2)OC1(C)C. The van der Waals surface area contributed by atoms with Gasteiger partial charge in [0.25, 0.3) is 0 Å². The fourth-order valence-corrected chi connectivity index (χ4v) is 3.16. The van der Waals surface area contributed by atoms with Crippen molar-refractivity contribution in [2.24, 2.45) is 0 Å². The number of nitrogens with zero attached hydrogens (tertiary/aromatic N) is 2. The number of benzene rings is 2. The summed E-state index contributed by atoms with van der Waals surface area (Å²) in [5, 5.41) is 4.35. The van der Waals surface area contributed by atoms with Gasteiger partial charge in [0.05, 0.1) is 16.9 Å². The smallest absolute Gasteiger partial charge is 0.399 e. The second-order valence-corrected chi connectivity index (χ2v) is 7.68. The topological polar surface area (TPSA) is 36.3 Å². The van der Waals surface area contributed by atoms with Crippen molar-refractivity contribution < 1.29 is 9.31 Å². The van der Waals surface area contributed by atoms with Gasteiger partial charge in [-0.05, 0) is 62.5 Å². The van der Waals surface area contributed by atoms with E-state index in [0.717, 1.165) is 22.3 Å². The molecule has 26 heavy (non-hydrogen) atoms. The maximum absolute atomic E-state index is 6.33. The van der Waals surface area contributed by atoms with E-state index in [1.165, 1.54) is 0 Å². The molecule has 0 spiro atoms. The van der Waals surface area contributed by atoms with Crippen molar-refractivity contribution in [2.45, 2.75) is 38.9 Å². The first-order valence-electron chi connectivity index (χ1n) is 8.92. The van der Waals surface area contributed by atoms with Gasteiger partial charge in [-0.2, -0.15) is 5.10 Å². The molecule has 0 amide bonds. The first-order valence-corrected chi connectivity index (χ1v) is 8.92. The average Bonchev–Trinajstić information content (AvgIpc) is 3.22. The molecule has 1 saturated heterocycles.